The standard InChI is InChI=1S/C14H21F3N4O/c1-9-12(10(2)20(3)19-9)7-18-13(22)21-6-4-5-11(8-21)14(15,16)17/h11H,4-8H2,1-3H3,(H,18,22). The highest BCUT2D eigenvalue weighted by atomic mass is 19.4. The van der Waals surface area contributed by atoms with Crippen LogP contribution in [0.2, 0.25) is 0 Å². The van der Waals surface area contributed by atoms with E-state index in [0.717, 1.165) is 17.0 Å². The molecule has 5 nitrogen and oxygen atoms in total. The maximum atomic E-state index is 12.8. The zero-order chi connectivity index (χ0) is 16.5. The van der Waals surface area contributed by atoms with E-state index in [1.165, 1.54) is 4.90 Å². The third-order valence-electron chi connectivity index (χ3n) is 4.25. The lowest BCUT2D eigenvalue weighted by Gasteiger charge is -2.33. The lowest BCUT2D eigenvalue weighted by atomic mass is 9.98. The molecule has 1 aromatic rings. The molecule has 1 fully saturated rings. The molecule has 1 aliphatic heterocycles. The van der Waals surface area contributed by atoms with Gasteiger partial charge >= 0.3 is 12.2 Å². The molecule has 2 heterocycles. The molecule has 1 aliphatic rings. The minimum absolute atomic E-state index is 0.0914. The second-order valence-corrected chi connectivity index (χ2v) is 5.76. The number of rotatable bonds is 2. The van der Waals surface area contributed by atoms with Crippen molar-refractivity contribution >= 4 is 6.03 Å². The molecule has 1 aromatic heterocycles. The van der Waals surface area contributed by atoms with E-state index in [0.29, 0.717) is 13.0 Å². The van der Waals surface area contributed by atoms with Gasteiger partial charge in [-0.1, -0.05) is 0 Å². The molecule has 0 radical (unpaired) electrons. The van der Waals surface area contributed by atoms with Crippen LogP contribution in [0.3, 0.4) is 0 Å². The van der Waals surface area contributed by atoms with Gasteiger partial charge < -0.3 is 10.2 Å². The smallest absolute Gasteiger partial charge is 0.334 e. The number of urea groups is 1. The first kappa shape index (κ1) is 16.6. The van der Waals surface area contributed by atoms with Gasteiger partial charge in [0.05, 0.1) is 11.6 Å². The number of carbonyl (C=O) groups is 1. The van der Waals surface area contributed by atoms with E-state index in [2.05, 4.69) is 10.4 Å². The third-order valence-corrected chi connectivity index (χ3v) is 4.25. The molecule has 1 saturated heterocycles. The topological polar surface area (TPSA) is 50.2 Å². The van der Waals surface area contributed by atoms with Crippen molar-refractivity contribution in [3.05, 3.63) is 17.0 Å². The normalized spacial score (nSPS) is 19.4. The van der Waals surface area contributed by atoms with Crippen molar-refractivity contribution in [2.24, 2.45) is 13.0 Å². The summed E-state index contributed by atoms with van der Waals surface area (Å²) in [5, 5.41) is 6.95. The summed E-state index contributed by atoms with van der Waals surface area (Å²) in [6.45, 7) is 4.11. The fraction of sp³-hybridized carbons (Fsp3) is 0.714. The van der Waals surface area contributed by atoms with Crippen molar-refractivity contribution in [2.75, 3.05) is 13.1 Å². The van der Waals surface area contributed by atoms with E-state index in [1.807, 2.05) is 20.9 Å². The molecule has 0 bridgehead atoms. The zero-order valence-electron chi connectivity index (χ0n) is 13.0. The fourth-order valence-corrected chi connectivity index (χ4v) is 2.78. The van der Waals surface area contributed by atoms with Crippen LogP contribution in [-0.4, -0.2) is 40.0 Å². The number of hydrogen-bond acceptors (Lipinski definition) is 2. The largest absolute Gasteiger partial charge is 0.393 e. The van der Waals surface area contributed by atoms with Crippen LogP contribution in [0, 0.1) is 19.8 Å². The molecular formula is C14H21F3N4O. The number of alkyl halides is 3. The summed E-state index contributed by atoms with van der Waals surface area (Å²) in [4.78, 5) is 13.3. The van der Waals surface area contributed by atoms with Crippen LogP contribution >= 0.6 is 0 Å². The van der Waals surface area contributed by atoms with Gasteiger partial charge in [0.1, 0.15) is 0 Å². The Kier molecular flexibility index (Phi) is 4.67. The first-order valence-corrected chi connectivity index (χ1v) is 7.28. The average molecular weight is 318 g/mol. The Morgan fingerprint density at radius 1 is 1.41 bits per heavy atom. The summed E-state index contributed by atoms with van der Waals surface area (Å²) >= 11 is 0. The molecule has 22 heavy (non-hydrogen) atoms. The monoisotopic (exact) mass is 318 g/mol. The second-order valence-electron chi connectivity index (χ2n) is 5.76. The number of likely N-dealkylation sites (tertiary alicyclic amines) is 1. The molecule has 0 aliphatic carbocycles. The Labute approximate surface area is 127 Å². The van der Waals surface area contributed by atoms with Crippen LogP contribution in [-0.2, 0) is 13.6 Å². The van der Waals surface area contributed by atoms with Crippen molar-refractivity contribution in [3.63, 3.8) is 0 Å². The van der Waals surface area contributed by atoms with Crippen LogP contribution in [0.4, 0.5) is 18.0 Å². The lowest BCUT2D eigenvalue weighted by Crippen LogP contribution is -2.48. The van der Waals surface area contributed by atoms with Crippen LogP contribution < -0.4 is 5.32 Å². The number of piperidine rings is 1. The molecule has 0 spiro atoms. The molecule has 2 rings (SSSR count). The van der Waals surface area contributed by atoms with E-state index >= 15 is 0 Å². The first-order valence-electron chi connectivity index (χ1n) is 7.28. The molecule has 2 amide bonds. The van der Waals surface area contributed by atoms with E-state index < -0.39 is 18.1 Å². The Morgan fingerprint density at radius 3 is 2.64 bits per heavy atom. The average Bonchev–Trinajstić information content (AvgIpc) is 2.69. The number of halogens is 3. The molecule has 1 atom stereocenters. The maximum absolute atomic E-state index is 12.8. The Morgan fingerprint density at radius 2 is 2.09 bits per heavy atom. The fourth-order valence-electron chi connectivity index (χ4n) is 2.78. The van der Waals surface area contributed by atoms with Gasteiger partial charge in [-0.15, -0.1) is 0 Å². The van der Waals surface area contributed by atoms with Gasteiger partial charge in [-0.3, -0.25) is 4.68 Å². The number of hydrogen-bond donors (Lipinski definition) is 1. The first-order chi connectivity index (χ1) is 10.2. The van der Waals surface area contributed by atoms with Crippen molar-refractivity contribution in [3.8, 4) is 0 Å². The Balaban J connectivity index is 1.95. The van der Waals surface area contributed by atoms with Crippen LogP contribution in [0.15, 0.2) is 0 Å². The number of aryl methyl sites for hydroxylation is 2. The SMILES string of the molecule is Cc1nn(C)c(C)c1CNC(=O)N1CCCC(C(F)(F)F)C1. The van der Waals surface area contributed by atoms with Crippen LogP contribution in [0.5, 0.6) is 0 Å². The second kappa shape index (κ2) is 6.18. The summed E-state index contributed by atoms with van der Waals surface area (Å²) < 4.78 is 40.0. The molecule has 1 unspecified atom stereocenters. The summed E-state index contributed by atoms with van der Waals surface area (Å²) in [6.07, 6.45) is -3.77. The van der Waals surface area contributed by atoms with Gasteiger partial charge in [-0.2, -0.15) is 18.3 Å². The highest BCUT2D eigenvalue weighted by Crippen LogP contribution is 2.33. The van der Waals surface area contributed by atoms with E-state index in [1.54, 1.807) is 4.68 Å². The van der Waals surface area contributed by atoms with Crippen molar-refractivity contribution in [2.45, 2.75) is 39.4 Å². The third kappa shape index (κ3) is 3.53. The summed E-state index contributed by atoms with van der Waals surface area (Å²) in [7, 11) is 1.81. The predicted molar refractivity (Wildman–Crippen MR) is 75.3 cm³/mol. The van der Waals surface area contributed by atoms with Gasteiger partial charge in [0.2, 0.25) is 0 Å². The van der Waals surface area contributed by atoms with E-state index in [-0.39, 0.29) is 19.5 Å². The molecular weight excluding hydrogens is 297 g/mol. The lowest BCUT2D eigenvalue weighted by molar-refractivity contribution is -0.184. The van der Waals surface area contributed by atoms with Crippen molar-refractivity contribution < 1.29 is 18.0 Å². The summed E-state index contributed by atoms with van der Waals surface area (Å²) in [5.41, 5.74) is 2.65. The molecule has 8 heteroatoms. The predicted octanol–water partition coefficient (Wildman–Crippen LogP) is 2.52. The number of nitrogens with one attached hydrogen (secondary N) is 1. The van der Waals surface area contributed by atoms with E-state index in [9.17, 15) is 18.0 Å². The Hall–Kier alpha value is -1.73. The van der Waals surface area contributed by atoms with Gasteiger partial charge in [-0.25, -0.2) is 4.79 Å². The van der Waals surface area contributed by atoms with Crippen LogP contribution in [0.25, 0.3) is 0 Å². The number of nitrogens with zero attached hydrogens (tertiary/aromatic N) is 3. The minimum Gasteiger partial charge on any atom is -0.334 e. The molecule has 1 N–H and O–H groups in total. The summed E-state index contributed by atoms with van der Waals surface area (Å²) in [5.74, 6) is -1.42. The maximum Gasteiger partial charge on any atom is 0.393 e. The zero-order valence-corrected chi connectivity index (χ0v) is 13.0. The van der Waals surface area contributed by atoms with Gasteiger partial charge in [-0.05, 0) is 26.7 Å². The van der Waals surface area contributed by atoms with Crippen LogP contribution in [0.1, 0.15) is 29.8 Å². The number of amides is 2. The highest BCUT2D eigenvalue weighted by Gasteiger charge is 2.42. The van der Waals surface area contributed by atoms with Gasteiger partial charge in [0, 0.05) is 37.9 Å². The minimum atomic E-state index is -4.24. The molecule has 0 aromatic carbocycles. The van der Waals surface area contributed by atoms with Gasteiger partial charge in [0.25, 0.3) is 0 Å². The molecule has 124 valence electrons. The quantitative estimate of drug-likeness (QED) is 0.911. The van der Waals surface area contributed by atoms with Gasteiger partial charge in [0.15, 0.2) is 0 Å². The Bertz CT molecular complexity index is 553. The van der Waals surface area contributed by atoms with Crippen molar-refractivity contribution in [1.82, 2.24) is 20.0 Å². The van der Waals surface area contributed by atoms with E-state index in [4.69, 9.17) is 0 Å². The molecule has 0 saturated carbocycles. The number of aromatic nitrogens is 2. The highest BCUT2D eigenvalue weighted by molar-refractivity contribution is 5.74. The summed E-state index contributed by atoms with van der Waals surface area (Å²) in [6, 6.07) is -0.448. The number of carbonyl (C=O) groups excluding carboxylic acids is 1. The van der Waals surface area contributed by atoms with Crippen molar-refractivity contribution in [1.29, 1.82) is 0 Å².